The lowest BCUT2D eigenvalue weighted by Gasteiger charge is -2.13. The zero-order valence-corrected chi connectivity index (χ0v) is 14.9. The minimum Gasteiger partial charge on any atom is -0.377 e. The predicted molar refractivity (Wildman–Crippen MR) is 99.0 cm³/mol. The van der Waals surface area contributed by atoms with Gasteiger partial charge in [0.15, 0.2) is 0 Å². The number of aryl methyl sites for hydroxylation is 1. The van der Waals surface area contributed by atoms with Gasteiger partial charge in [-0.3, -0.25) is 4.79 Å². The van der Waals surface area contributed by atoms with Crippen LogP contribution in [0.4, 0.5) is 0 Å². The molecule has 0 aromatic heterocycles. The molecule has 0 aliphatic carbocycles. The van der Waals surface area contributed by atoms with Crippen molar-refractivity contribution in [3.8, 4) is 0 Å². The summed E-state index contributed by atoms with van der Waals surface area (Å²) in [4.78, 5) is 12.2. The van der Waals surface area contributed by atoms with Crippen LogP contribution >= 0.6 is 12.4 Å². The minimum absolute atomic E-state index is 0. The molecular formula is C19H25ClN2O2. The molecule has 2 rings (SSSR count). The van der Waals surface area contributed by atoms with E-state index in [1.807, 2.05) is 62.4 Å². The number of carbonyl (C=O) groups is 1. The lowest BCUT2D eigenvalue weighted by molar-refractivity contribution is -0.122. The number of carbonyl (C=O) groups excluding carboxylic acids is 1. The highest BCUT2D eigenvalue weighted by Crippen LogP contribution is 2.12. The van der Waals surface area contributed by atoms with E-state index in [2.05, 4.69) is 5.32 Å². The Morgan fingerprint density at radius 1 is 1.08 bits per heavy atom. The van der Waals surface area contributed by atoms with Crippen molar-refractivity contribution < 1.29 is 9.53 Å². The van der Waals surface area contributed by atoms with E-state index in [4.69, 9.17) is 10.5 Å². The third-order valence-corrected chi connectivity index (χ3v) is 3.68. The first-order valence-corrected chi connectivity index (χ1v) is 7.85. The second-order valence-electron chi connectivity index (χ2n) is 5.56. The van der Waals surface area contributed by atoms with Crippen LogP contribution in [0.5, 0.6) is 0 Å². The van der Waals surface area contributed by atoms with Gasteiger partial charge in [0, 0.05) is 13.2 Å². The Morgan fingerprint density at radius 2 is 1.67 bits per heavy atom. The highest BCUT2D eigenvalue weighted by Gasteiger charge is 2.14. The van der Waals surface area contributed by atoms with Gasteiger partial charge in [-0.25, -0.2) is 0 Å². The fraction of sp³-hybridized carbons (Fsp3) is 0.316. The summed E-state index contributed by atoms with van der Waals surface area (Å²) in [6.45, 7) is 5.76. The molecule has 5 heteroatoms. The molecule has 0 bridgehead atoms. The molecule has 0 fully saturated rings. The van der Waals surface area contributed by atoms with E-state index < -0.39 is 6.04 Å². The molecule has 1 atom stereocenters. The Balaban J connectivity index is 0.00000288. The number of hydrogen-bond donors (Lipinski definition) is 2. The van der Waals surface area contributed by atoms with Gasteiger partial charge in [-0.15, -0.1) is 12.4 Å². The van der Waals surface area contributed by atoms with E-state index in [1.54, 1.807) is 0 Å². The molecule has 0 spiro atoms. The monoisotopic (exact) mass is 348 g/mol. The second-order valence-corrected chi connectivity index (χ2v) is 5.56. The number of amides is 1. The van der Waals surface area contributed by atoms with Crippen LogP contribution in [0.3, 0.4) is 0 Å². The number of ether oxygens (including phenoxy) is 1. The van der Waals surface area contributed by atoms with Crippen LogP contribution in [0.15, 0.2) is 48.5 Å². The van der Waals surface area contributed by atoms with Gasteiger partial charge in [0.05, 0.1) is 6.61 Å². The minimum atomic E-state index is -0.646. The Bertz CT molecular complexity index is 627. The maximum absolute atomic E-state index is 12.2. The van der Waals surface area contributed by atoms with Crippen molar-refractivity contribution in [2.24, 2.45) is 5.73 Å². The quantitative estimate of drug-likeness (QED) is 0.807. The summed E-state index contributed by atoms with van der Waals surface area (Å²) in [6, 6.07) is 15.1. The number of halogens is 1. The van der Waals surface area contributed by atoms with E-state index >= 15 is 0 Å². The van der Waals surface area contributed by atoms with Gasteiger partial charge in [-0.05, 0) is 30.5 Å². The van der Waals surface area contributed by atoms with E-state index in [0.717, 1.165) is 22.3 Å². The number of nitrogens with two attached hydrogens (primary N) is 1. The molecule has 1 amide bonds. The average molecular weight is 349 g/mol. The number of hydrogen-bond acceptors (Lipinski definition) is 3. The van der Waals surface area contributed by atoms with Gasteiger partial charge in [0.25, 0.3) is 0 Å². The summed E-state index contributed by atoms with van der Waals surface area (Å²) in [7, 11) is 0. The van der Waals surface area contributed by atoms with Gasteiger partial charge in [-0.2, -0.15) is 0 Å². The lowest BCUT2D eigenvalue weighted by atomic mass is 10.1. The zero-order chi connectivity index (χ0) is 16.7. The standard InChI is InChI=1S/C19H24N2O2.ClH/c1-3-23-13-16-8-6-15(7-9-16)12-21-19(22)18(20)17-10-4-14(2)5-11-17;/h4-11,18H,3,12-13,20H2,1-2H3,(H,21,22);1H. The van der Waals surface area contributed by atoms with Crippen LogP contribution in [-0.4, -0.2) is 12.5 Å². The van der Waals surface area contributed by atoms with Crippen LogP contribution in [0.2, 0.25) is 0 Å². The number of nitrogens with one attached hydrogen (secondary N) is 1. The van der Waals surface area contributed by atoms with Crippen molar-refractivity contribution in [2.45, 2.75) is 33.0 Å². The van der Waals surface area contributed by atoms with Crippen LogP contribution in [0, 0.1) is 6.92 Å². The maximum atomic E-state index is 12.2. The number of rotatable bonds is 7. The Morgan fingerprint density at radius 3 is 2.25 bits per heavy atom. The van der Waals surface area contributed by atoms with Crippen LogP contribution in [0.1, 0.15) is 35.2 Å². The van der Waals surface area contributed by atoms with Crippen molar-refractivity contribution in [3.05, 3.63) is 70.8 Å². The van der Waals surface area contributed by atoms with Crippen molar-refractivity contribution >= 4 is 18.3 Å². The first-order valence-electron chi connectivity index (χ1n) is 7.85. The third kappa shape index (κ3) is 5.96. The normalized spacial score (nSPS) is 11.5. The van der Waals surface area contributed by atoms with Gasteiger partial charge in [0.1, 0.15) is 6.04 Å². The molecule has 0 aliphatic heterocycles. The highest BCUT2D eigenvalue weighted by atomic mass is 35.5. The third-order valence-electron chi connectivity index (χ3n) is 3.68. The molecule has 0 aliphatic rings. The molecule has 0 heterocycles. The highest BCUT2D eigenvalue weighted by molar-refractivity contribution is 5.85. The summed E-state index contributed by atoms with van der Waals surface area (Å²) >= 11 is 0. The van der Waals surface area contributed by atoms with Crippen molar-refractivity contribution in [1.29, 1.82) is 0 Å². The molecule has 3 N–H and O–H groups in total. The lowest BCUT2D eigenvalue weighted by Crippen LogP contribution is -2.33. The summed E-state index contributed by atoms with van der Waals surface area (Å²) in [5.41, 5.74) is 10.1. The molecular weight excluding hydrogens is 324 g/mol. The van der Waals surface area contributed by atoms with Crippen molar-refractivity contribution in [2.75, 3.05) is 6.61 Å². The van der Waals surface area contributed by atoms with E-state index in [9.17, 15) is 4.79 Å². The first-order chi connectivity index (χ1) is 11.1. The molecule has 130 valence electrons. The summed E-state index contributed by atoms with van der Waals surface area (Å²) < 4.78 is 5.36. The summed E-state index contributed by atoms with van der Waals surface area (Å²) in [6.07, 6.45) is 0. The number of benzene rings is 2. The molecule has 4 nitrogen and oxygen atoms in total. The molecule has 0 saturated carbocycles. The van der Waals surface area contributed by atoms with Gasteiger partial charge in [0.2, 0.25) is 5.91 Å². The van der Waals surface area contributed by atoms with Crippen molar-refractivity contribution in [1.82, 2.24) is 5.32 Å². The fourth-order valence-electron chi connectivity index (χ4n) is 2.20. The van der Waals surface area contributed by atoms with Crippen LogP contribution in [-0.2, 0) is 22.7 Å². The molecule has 2 aromatic rings. The van der Waals surface area contributed by atoms with Gasteiger partial charge >= 0.3 is 0 Å². The molecule has 0 saturated heterocycles. The first kappa shape index (κ1) is 20.2. The summed E-state index contributed by atoms with van der Waals surface area (Å²) in [5.74, 6) is -0.174. The van der Waals surface area contributed by atoms with E-state index in [-0.39, 0.29) is 18.3 Å². The fourth-order valence-corrected chi connectivity index (χ4v) is 2.20. The largest absolute Gasteiger partial charge is 0.377 e. The molecule has 1 unspecified atom stereocenters. The van der Waals surface area contributed by atoms with Gasteiger partial charge in [-0.1, -0.05) is 54.1 Å². The van der Waals surface area contributed by atoms with Crippen LogP contribution < -0.4 is 11.1 Å². The van der Waals surface area contributed by atoms with Crippen molar-refractivity contribution in [3.63, 3.8) is 0 Å². The second kappa shape index (κ2) is 10.1. The zero-order valence-electron chi connectivity index (χ0n) is 14.1. The van der Waals surface area contributed by atoms with E-state index in [0.29, 0.717) is 19.8 Å². The SMILES string of the molecule is CCOCc1ccc(CNC(=O)C(N)c2ccc(C)cc2)cc1.Cl. The van der Waals surface area contributed by atoms with Crippen LogP contribution in [0.25, 0.3) is 0 Å². The topological polar surface area (TPSA) is 64.3 Å². The molecule has 2 aromatic carbocycles. The Labute approximate surface area is 149 Å². The Hall–Kier alpha value is -1.88. The molecule has 0 radical (unpaired) electrons. The average Bonchev–Trinajstić information content (AvgIpc) is 2.58. The summed E-state index contributed by atoms with van der Waals surface area (Å²) in [5, 5.41) is 2.88. The Kier molecular flexibility index (Phi) is 8.47. The van der Waals surface area contributed by atoms with Gasteiger partial charge < -0.3 is 15.8 Å². The smallest absolute Gasteiger partial charge is 0.241 e. The molecule has 24 heavy (non-hydrogen) atoms. The maximum Gasteiger partial charge on any atom is 0.241 e. The van der Waals surface area contributed by atoms with E-state index in [1.165, 1.54) is 0 Å². The predicted octanol–water partition coefficient (Wildman–Crippen LogP) is 3.27.